The van der Waals surface area contributed by atoms with E-state index < -0.39 is 37.1 Å². The maximum atomic E-state index is 13.7. The van der Waals surface area contributed by atoms with Gasteiger partial charge in [-0.1, -0.05) is 6.42 Å². The first-order valence-electron chi connectivity index (χ1n) is 6.39. The van der Waals surface area contributed by atoms with Gasteiger partial charge in [0.2, 0.25) is 0 Å². The molecule has 0 aromatic heterocycles. The topological polar surface area (TPSA) is 54.5 Å². The van der Waals surface area contributed by atoms with Gasteiger partial charge < -0.3 is 4.90 Å². The summed E-state index contributed by atoms with van der Waals surface area (Å²) in [5.74, 6) is -2.75. The number of halogens is 3. The van der Waals surface area contributed by atoms with E-state index in [1.54, 1.807) is 0 Å². The molecule has 1 aliphatic rings. The number of rotatable bonds is 4. The maximum absolute atomic E-state index is 13.7. The average molecular weight is 338 g/mol. The van der Waals surface area contributed by atoms with Gasteiger partial charge in [-0.25, -0.2) is 17.2 Å². The maximum Gasteiger partial charge on any atom is 0.264 e. The highest BCUT2D eigenvalue weighted by Crippen LogP contribution is 2.28. The first-order valence-corrected chi connectivity index (χ1v) is 8.70. The van der Waals surface area contributed by atoms with Crippen molar-refractivity contribution >= 4 is 25.6 Å². The van der Waals surface area contributed by atoms with E-state index in [9.17, 15) is 22.0 Å². The van der Waals surface area contributed by atoms with Crippen LogP contribution in [0.3, 0.4) is 0 Å². The molecular weight excluding hydrogens is 324 g/mol. The molecule has 4 nitrogen and oxygen atoms in total. The molecule has 21 heavy (non-hydrogen) atoms. The minimum absolute atomic E-state index is 0.361. The molecule has 0 unspecified atom stereocenters. The Morgan fingerprint density at radius 1 is 1.33 bits per heavy atom. The molecule has 1 fully saturated rings. The Bertz CT molecular complexity index is 674. The summed E-state index contributed by atoms with van der Waals surface area (Å²) in [6.45, 7) is 0.457. The molecule has 1 saturated carbocycles. The predicted molar refractivity (Wildman–Crippen MR) is 73.7 cm³/mol. The second kappa shape index (κ2) is 5.88. The summed E-state index contributed by atoms with van der Waals surface area (Å²) in [6, 6.07) is 1.01. The summed E-state index contributed by atoms with van der Waals surface area (Å²) in [7, 11) is 2.18. The highest BCUT2D eigenvalue weighted by atomic mass is 35.7. The number of carbonyl (C=O) groups is 1. The molecule has 0 radical (unpaired) electrons. The van der Waals surface area contributed by atoms with Crippen LogP contribution in [-0.4, -0.2) is 32.8 Å². The van der Waals surface area contributed by atoms with E-state index in [0.29, 0.717) is 24.6 Å². The summed E-state index contributed by atoms with van der Waals surface area (Å²) in [6.07, 6.45) is 3.11. The van der Waals surface area contributed by atoms with Crippen molar-refractivity contribution in [1.82, 2.24) is 4.90 Å². The lowest BCUT2D eigenvalue weighted by atomic mass is 9.85. The molecule has 0 atom stereocenters. The Kier molecular flexibility index (Phi) is 4.53. The Hall–Kier alpha value is -1.21. The smallest absolute Gasteiger partial charge is 0.264 e. The van der Waals surface area contributed by atoms with Gasteiger partial charge in [-0.3, -0.25) is 4.79 Å². The summed E-state index contributed by atoms with van der Waals surface area (Å²) < 4.78 is 49.6. The van der Waals surface area contributed by atoms with Gasteiger partial charge in [-0.15, -0.1) is 0 Å². The standard InChI is InChI=1S/C13H14ClF2NO3S/c1-17(7-8-3-2-4-8)13(18)9-5-12(21(14,19)20)11(16)6-10(9)15/h5-6,8H,2-4,7H2,1H3. The van der Waals surface area contributed by atoms with Gasteiger partial charge in [0.15, 0.2) is 0 Å². The van der Waals surface area contributed by atoms with E-state index in [2.05, 4.69) is 0 Å². The first-order chi connectivity index (χ1) is 9.70. The van der Waals surface area contributed by atoms with E-state index in [0.717, 1.165) is 19.3 Å². The van der Waals surface area contributed by atoms with E-state index in [1.807, 2.05) is 0 Å². The summed E-state index contributed by atoms with van der Waals surface area (Å²) >= 11 is 0. The minimum atomic E-state index is -4.39. The third-order valence-electron chi connectivity index (χ3n) is 3.62. The molecule has 1 aliphatic carbocycles. The van der Waals surface area contributed by atoms with Gasteiger partial charge in [-0.05, 0) is 24.8 Å². The fourth-order valence-corrected chi connectivity index (χ4v) is 3.14. The molecule has 2 rings (SSSR count). The number of carbonyl (C=O) groups excluding carboxylic acids is 1. The van der Waals surface area contributed by atoms with Gasteiger partial charge in [0.05, 0.1) is 5.56 Å². The monoisotopic (exact) mass is 337 g/mol. The van der Waals surface area contributed by atoms with E-state index >= 15 is 0 Å². The largest absolute Gasteiger partial charge is 0.341 e. The normalized spacial score (nSPS) is 15.6. The molecule has 1 aromatic rings. The van der Waals surface area contributed by atoms with Crippen LogP contribution in [-0.2, 0) is 9.05 Å². The van der Waals surface area contributed by atoms with Gasteiger partial charge in [-0.2, -0.15) is 0 Å². The zero-order valence-corrected chi connectivity index (χ0v) is 12.8. The molecular formula is C13H14ClF2NO3S. The lowest BCUT2D eigenvalue weighted by molar-refractivity contribution is 0.0740. The van der Waals surface area contributed by atoms with Crippen LogP contribution in [0.1, 0.15) is 29.6 Å². The van der Waals surface area contributed by atoms with Crippen LogP contribution in [0.15, 0.2) is 17.0 Å². The molecule has 116 valence electrons. The van der Waals surface area contributed by atoms with Crippen molar-refractivity contribution in [1.29, 1.82) is 0 Å². The predicted octanol–water partition coefficient (Wildman–Crippen LogP) is 2.76. The van der Waals surface area contributed by atoms with Crippen LogP contribution in [0.4, 0.5) is 8.78 Å². The van der Waals surface area contributed by atoms with Crippen molar-refractivity contribution in [3.63, 3.8) is 0 Å². The van der Waals surface area contributed by atoms with Crippen LogP contribution in [0.2, 0.25) is 0 Å². The van der Waals surface area contributed by atoms with Crippen LogP contribution in [0, 0.1) is 17.6 Å². The minimum Gasteiger partial charge on any atom is -0.341 e. The van der Waals surface area contributed by atoms with Crippen molar-refractivity contribution in [3.05, 3.63) is 29.3 Å². The van der Waals surface area contributed by atoms with E-state index in [1.165, 1.54) is 11.9 Å². The van der Waals surface area contributed by atoms with Gasteiger partial charge >= 0.3 is 0 Å². The number of nitrogens with zero attached hydrogens (tertiary/aromatic N) is 1. The molecule has 0 N–H and O–H groups in total. The van der Waals surface area contributed by atoms with Gasteiger partial charge in [0.25, 0.3) is 15.0 Å². The van der Waals surface area contributed by atoms with Crippen LogP contribution in [0.25, 0.3) is 0 Å². The Labute approximate surface area is 126 Å². The quantitative estimate of drug-likeness (QED) is 0.794. The van der Waals surface area contributed by atoms with Crippen LogP contribution < -0.4 is 0 Å². The Morgan fingerprint density at radius 3 is 2.43 bits per heavy atom. The molecule has 0 spiro atoms. The molecule has 0 saturated heterocycles. The van der Waals surface area contributed by atoms with Crippen molar-refractivity contribution in [2.24, 2.45) is 5.92 Å². The fourth-order valence-electron chi connectivity index (χ4n) is 2.23. The van der Waals surface area contributed by atoms with Crippen molar-refractivity contribution in [3.8, 4) is 0 Å². The lowest BCUT2D eigenvalue weighted by Crippen LogP contribution is -2.34. The third kappa shape index (κ3) is 3.52. The van der Waals surface area contributed by atoms with E-state index in [4.69, 9.17) is 10.7 Å². The third-order valence-corrected chi connectivity index (χ3v) is 4.96. The molecule has 0 bridgehead atoms. The van der Waals surface area contributed by atoms with Crippen LogP contribution >= 0.6 is 10.7 Å². The summed E-state index contributed by atoms with van der Waals surface area (Å²) in [4.78, 5) is 12.6. The molecule has 1 amide bonds. The average Bonchev–Trinajstić information content (AvgIpc) is 2.31. The van der Waals surface area contributed by atoms with Crippen molar-refractivity contribution in [2.45, 2.75) is 24.2 Å². The summed E-state index contributed by atoms with van der Waals surface area (Å²) in [5, 5.41) is 0. The number of benzene rings is 1. The highest BCUT2D eigenvalue weighted by Gasteiger charge is 2.26. The summed E-state index contributed by atoms with van der Waals surface area (Å²) in [5.41, 5.74) is -0.502. The fraction of sp³-hybridized carbons (Fsp3) is 0.462. The van der Waals surface area contributed by atoms with Crippen molar-refractivity contribution < 1.29 is 22.0 Å². The Balaban J connectivity index is 2.31. The van der Waals surface area contributed by atoms with Crippen LogP contribution in [0.5, 0.6) is 0 Å². The zero-order valence-electron chi connectivity index (χ0n) is 11.3. The second-order valence-corrected chi connectivity index (χ2v) is 7.72. The molecule has 0 aliphatic heterocycles. The van der Waals surface area contributed by atoms with Gasteiger partial charge in [0, 0.05) is 30.3 Å². The number of hydrogen-bond donors (Lipinski definition) is 0. The lowest BCUT2D eigenvalue weighted by Gasteiger charge is -2.30. The van der Waals surface area contributed by atoms with Gasteiger partial charge in [0.1, 0.15) is 16.5 Å². The number of hydrogen-bond acceptors (Lipinski definition) is 3. The number of amides is 1. The molecule has 1 aromatic carbocycles. The second-order valence-electron chi connectivity index (χ2n) is 5.18. The zero-order chi connectivity index (χ0) is 15.8. The first kappa shape index (κ1) is 16.2. The molecule has 0 heterocycles. The van der Waals surface area contributed by atoms with E-state index in [-0.39, 0.29) is 0 Å². The van der Waals surface area contributed by atoms with Crippen molar-refractivity contribution in [2.75, 3.05) is 13.6 Å². The Morgan fingerprint density at radius 2 is 1.95 bits per heavy atom. The highest BCUT2D eigenvalue weighted by molar-refractivity contribution is 8.13. The molecule has 8 heteroatoms. The SMILES string of the molecule is CN(CC1CCC1)C(=O)c1cc(S(=O)(=O)Cl)c(F)cc1F.